The van der Waals surface area contributed by atoms with Crippen LogP contribution in [0.25, 0.3) is 0 Å². The van der Waals surface area contributed by atoms with E-state index in [0.717, 1.165) is 31.2 Å². The van der Waals surface area contributed by atoms with E-state index < -0.39 is 6.04 Å². The number of amides is 2. The second-order valence-corrected chi connectivity index (χ2v) is 8.98. The van der Waals surface area contributed by atoms with Gasteiger partial charge >= 0.3 is 0 Å². The van der Waals surface area contributed by atoms with E-state index in [0.29, 0.717) is 17.1 Å². The molecular formula is C29H33N3O4. The number of hydrogen-bond acceptors (Lipinski definition) is 5. The SMILES string of the molecule is COc1cccc(C(C(=O)NC2CCCCC2)N(Cc2ccccc2OC)C(=O)c2ccccn2)c1. The van der Waals surface area contributed by atoms with Gasteiger partial charge in [0.1, 0.15) is 23.2 Å². The number of hydrogen-bond donors (Lipinski definition) is 1. The van der Waals surface area contributed by atoms with Crippen LogP contribution in [0.2, 0.25) is 0 Å². The maximum atomic E-state index is 13.9. The Morgan fingerprint density at radius 2 is 1.75 bits per heavy atom. The fraction of sp³-hybridized carbons (Fsp3) is 0.345. The Balaban J connectivity index is 1.78. The fourth-order valence-electron chi connectivity index (χ4n) is 4.75. The second-order valence-electron chi connectivity index (χ2n) is 8.98. The quantitative estimate of drug-likeness (QED) is 0.463. The van der Waals surface area contributed by atoms with Crippen molar-refractivity contribution in [3.63, 3.8) is 0 Å². The monoisotopic (exact) mass is 487 g/mol. The van der Waals surface area contributed by atoms with Gasteiger partial charge < -0.3 is 19.7 Å². The summed E-state index contributed by atoms with van der Waals surface area (Å²) in [6.07, 6.45) is 6.83. The molecule has 0 bridgehead atoms. The maximum absolute atomic E-state index is 13.9. The van der Waals surface area contributed by atoms with Crippen molar-refractivity contribution in [2.75, 3.05) is 14.2 Å². The van der Waals surface area contributed by atoms with Gasteiger partial charge in [0.2, 0.25) is 5.91 Å². The summed E-state index contributed by atoms with van der Waals surface area (Å²) >= 11 is 0. The Hall–Kier alpha value is -3.87. The number of carbonyl (C=O) groups is 2. The summed E-state index contributed by atoms with van der Waals surface area (Å²) in [5.41, 5.74) is 1.73. The summed E-state index contributed by atoms with van der Waals surface area (Å²) in [6.45, 7) is 0.166. The van der Waals surface area contributed by atoms with Crippen LogP contribution in [0.15, 0.2) is 72.9 Å². The van der Waals surface area contributed by atoms with E-state index in [-0.39, 0.29) is 30.1 Å². The summed E-state index contributed by atoms with van der Waals surface area (Å²) in [7, 11) is 3.18. The van der Waals surface area contributed by atoms with Crippen molar-refractivity contribution in [3.05, 3.63) is 89.7 Å². The molecule has 3 aromatic rings. The van der Waals surface area contributed by atoms with Crippen molar-refractivity contribution in [1.29, 1.82) is 0 Å². The number of benzene rings is 2. The van der Waals surface area contributed by atoms with Crippen molar-refractivity contribution in [2.45, 2.75) is 50.7 Å². The highest BCUT2D eigenvalue weighted by Gasteiger charge is 2.34. The number of rotatable bonds is 9. The van der Waals surface area contributed by atoms with Crippen LogP contribution in [0.5, 0.6) is 11.5 Å². The zero-order chi connectivity index (χ0) is 25.3. The second kappa shape index (κ2) is 12.2. The van der Waals surface area contributed by atoms with Crippen LogP contribution in [0.3, 0.4) is 0 Å². The van der Waals surface area contributed by atoms with Crippen LogP contribution in [-0.4, -0.2) is 42.0 Å². The number of pyridine rings is 1. The fourth-order valence-corrected chi connectivity index (χ4v) is 4.75. The first-order valence-corrected chi connectivity index (χ1v) is 12.4. The molecule has 0 spiro atoms. The Morgan fingerprint density at radius 1 is 0.972 bits per heavy atom. The molecule has 1 aromatic heterocycles. The molecule has 1 N–H and O–H groups in total. The average Bonchev–Trinajstić information content (AvgIpc) is 2.93. The van der Waals surface area contributed by atoms with E-state index in [1.54, 1.807) is 43.5 Å². The molecule has 0 radical (unpaired) electrons. The number of carbonyl (C=O) groups excluding carboxylic acids is 2. The number of methoxy groups -OCH3 is 2. The van der Waals surface area contributed by atoms with Gasteiger partial charge in [-0.15, -0.1) is 0 Å². The third-order valence-corrected chi connectivity index (χ3v) is 6.60. The first-order chi connectivity index (χ1) is 17.6. The molecule has 7 nitrogen and oxygen atoms in total. The largest absolute Gasteiger partial charge is 0.497 e. The molecule has 4 rings (SSSR count). The molecular weight excluding hydrogens is 454 g/mol. The van der Waals surface area contributed by atoms with Crippen LogP contribution in [0, 0.1) is 0 Å². The van der Waals surface area contributed by atoms with Crippen molar-refractivity contribution in [1.82, 2.24) is 15.2 Å². The van der Waals surface area contributed by atoms with E-state index in [1.807, 2.05) is 48.5 Å². The zero-order valence-electron chi connectivity index (χ0n) is 20.9. The third-order valence-electron chi connectivity index (χ3n) is 6.60. The van der Waals surface area contributed by atoms with E-state index >= 15 is 0 Å². The van der Waals surface area contributed by atoms with Crippen LogP contribution >= 0.6 is 0 Å². The lowest BCUT2D eigenvalue weighted by Gasteiger charge is -2.33. The van der Waals surface area contributed by atoms with Gasteiger partial charge in [0, 0.05) is 17.8 Å². The standard InChI is InChI=1S/C29H33N3O4/c1-35-24-15-10-12-21(19-24)27(28(33)31-23-13-4-3-5-14-23)32(29(34)25-16-8-9-18-30-25)20-22-11-6-7-17-26(22)36-2/h6-12,15-19,23,27H,3-5,13-14,20H2,1-2H3,(H,31,33). The van der Waals surface area contributed by atoms with Gasteiger partial charge in [-0.2, -0.15) is 0 Å². The Morgan fingerprint density at radius 3 is 2.47 bits per heavy atom. The molecule has 188 valence electrons. The molecule has 0 saturated heterocycles. The highest BCUT2D eigenvalue weighted by molar-refractivity contribution is 5.96. The van der Waals surface area contributed by atoms with Crippen molar-refractivity contribution < 1.29 is 19.1 Å². The molecule has 1 heterocycles. The Labute approximate surface area is 212 Å². The molecule has 1 atom stereocenters. The minimum Gasteiger partial charge on any atom is -0.497 e. The van der Waals surface area contributed by atoms with Crippen molar-refractivity contribution >= 4 is 11.8 Å². The van der Waals surface area contributed by atoms with Gasteiger partial charge in [-0.1, -0.05) is 55.7 Å². The molecule has 1 fully saturated rings. The van der Waals surface area contributed by atoms with E-state index in [1.165, 1.54) is 6.42 Å². The van der Waals surface area contributed by atoms with E-state index in [9.17, 15) is 9.59 Å². The lowest BCUT2D eigenvalue weighted by molar-refractivity contribution is -0.127. The van der Waals surface area contributed by atoms with Crippen molar-refractivity contribution in [3.8, 4) is 11.5 Å². The van der Waals surface area contributed by atoms with Gasteiger partial charge in [-0.25, -0.2) is 0 Å². The zero-order valence-corrected chi connectivity index (χ0v) is 20.9. The van der Waals surface area contributed by atoms with Crippen LogP contribution in [0.1, 0.15) is 59.8 Å². The van der Waals surface area contributed by atoms with Gasteiger partial charge in [0.25, 0.3) is 5.91 Å². The van der Waals surface area contributed by atoms with Crippen LogP contribution in [0.4, 0.5) is 0 Å². The summed E-state index contributed by atoms with van der Waals surface area (Å²) in [5.74, 6) is 0.710. The average molecular weight is 488 g/mol. The molecule has 1 aliphatic carbocycles. The van der Waals surface area contributed by atoms with Crippen LogP contribution < -0.4 is 14.8 Å². The Kier molecular flexibility index (Phi) is 8.55. The highest BCUT2D eigenvalue weighted by Crippen LogP contribution is 2.31. The number of nitrogens with one attached hydrogen (secondary N) is 1. The topological polar surface area (TPSA) is 80.8 Å². The first-order valence-electron chi connectivity index (χ1n) is 12.4. The summed E-state index contributed by atoms with van der Waals surface area (Å²) in [4.78, 5) is 33.7. The minimum atomic E-state index is -0.888. The third kappa shape index (κ3) is 6.03. The van der Waals surface area contributed by atoms with E-state index in [4.69, 9.17) is 9.47 Å². The maximum Gasteiger partial charge on any atom is 0.273 e. The molecule has 36 heavy (non-hydrogen) atoms. The van der Waals surface area contributed by atoms with Crippen LogP contribution in [-0.2, 0) is 11.3 Å². The predicted molar refractivity (Wildman–Crippen MR) is 138 cm³/mol. The van der Waals surface area contributed by atoms with E-state index in [2.05, 4.69) is 10.3 Å². The van der Waals surface area contributed by atoms with Gasteiger partial charge in [0.15, 0.2) is 0 Å². The van der Waals surface area contributed by atoms with Gasteiger partial charge in [-0.05, 0) is 48.7 Å². The molecule has 2 amide bonds. The molecule has 1 aliphatic rings. The minimum absolute atomic E-state index is 0.0948. The number of ether oxygens (including phenoxy) is 2. The number of aromatic nitrogens is 1. The highest BCUT2D eigenvalue weighted by atomic mass is 16.5. The molecule has 2 aromatic carbocycles. The lowest BCUT2D eigenvalue weighted by Crippen LogP contribution is -2.47. The van der Waals surface area contributed by atoms with Gasteiger partial charge in [0.05, 0.1) is 20.8 Å². The first kappa shape index (κ1) is 25.2. The number of para-hydroxylation sites is 1. The summed E-state index contributed by atoms with van der Waals surface area (Å²) in [6, 6.07) is 19.2. The predicted octanol–water partition coefficient (Wildman–Crippen LogP) is 4.93. The molecule has 7 heteroatoms. The molecule has 0 aliphatic heterocycles. The summed E-state index contributed by atoms with van der Waals surface area (Å²) in [5, 5.41) is 3.23. The lowest BCUT2D eigenvalue weighted by atomic mass is 9.94. The normalized spacial score (nSPS) is 14.5. The Bertz CT molecular complexity index is 1160. The smallest absolute Gasteiger partial charge is 0.273 e. The van der Waals surface area contributed by atoms with Gasteiger partial charge in [-0.3, -0.25) is 14.6 Å². The number of nitrogens with zero attached hydrogens (tertiary/aromatic N) is 2. The molecule has 1 unspecified atom stereocenters. The van der Waals surface area contributed by atoms with Crippen molar-refractivity contribution in [2.24, 2.45) is 0 Å². The molecule has 1 saturated carbocycles. The summed E-state index contributed by atoms with van der Waals surface area (Å²) < 4.78 is 11.0.